The van der Waals surface area contributed by atoms with Gasteiger partial charge in [-0.3, -0.25) is 4.79 Å². The van der Waals surface area contributed by atoms with Crippen LogP contribution in [0.15, 0.2) is 77.2 Å². The van der Waals surface area contributed by atoms with Crippen molar-refractivity contribution in [2.24, 2.45) is 5.10 Å². The number of halogens is 1. The van der Waals surface area contributed by atoms with Crippen LogP contribution >= 0.6 is 11.3 Å². The lowest BCUT2D eigenvalue weighted by atomic mass is 10.1. The summed E-state index contributed by atoms with van der Waals surface area (Å²) < 4.78 is 13.0. The zero-order valence-corrected chi connectivity index (χ0v) is 15.6. The Morgan fingerprint density at radius 3 is 2.71 bits per heavy atom. The molecular weight excluding hydrogens is 373 g/mol. The second kappa shape index (κ2) is 8.10. The van der Waals surface area contributed by atoms with Gasteiger partial charge in [0.2, 0.25) is 5.91 Å². The first kappa shape index (κ1) is 18.0. The third kappa shape index (κ3) is 4.13. The highest BCUT2D eigenvalue weighted by molar-refractivity contribution is 7.13. The molecule has 4 nitrogen and oxygen atoms in total. The van der Waals surface area contributed by atoms with E-state index in [4.69, 9.17) is 0 Å². The van der Waals surface area contributed by atoms with Crippen LogP contribution in [0.5, 0.6) is 0 Å². The smallest absolute Gasteiger partial charge is 0.246 e. The Morgan fingerprint density at radius 2 is 1.86 bits per heavy atom. The molecular formula is C22H16FN3OS. The van der Waals surface area contributed by atoms with Crippen LogP contribution in [-0.2, 0) is 11.2 Å². The molecule has 4 aromatic rings. The maximum Gasteiger partial charge on any atom is 0.246 e. The Labute approximate surface area is 165 Å². The molecule has 0 spiro atoms. The number of aromatic nitrogens is 1. The minimum Gasteiger partial charge on any atom is -0.273 e. The first-order valence-electron chi connectivity index (χ1n) is 8.69. The van der Waals surface area contributed by atoms with Gasteiger partial charge in [-0.2, -0.15) is 5.10 Å². The molecule has 4 rings (SSSR count). The summed E-state index contributed by atoms with van der Waals surface area (Å²) in [5.41, 5.74) is 4.96. The number of nitrogens with zero attached hydrogens (tertiary/aromatic N) is 2. The average Bonchev–Trinajstić information content (AvgIpc) is 3.17. The van der Waals surface area contributed by atoms with E-state index in [2.05, 4.69) is 15.5 Å². The van der Waals surface area contributed by atoms with Crippen LogP contribution in [0.3, 0.4) is 0 Å². The van der Waals surface area contributed by atoms with E-state index in [1.54, 1.807) is 18.3 Å². The molecule has 0 aliphatic carbocycles. The number of rotatable bonds is 5. The summed E-state index contributed by atoms with van der Waals surface area (Å²) in [5, 5.41) is 8.84. The number of carbonyl (C=O) groups excluding carboxylic acids is 1. The Balaban J connectivity index is 1.39. The third-order valence-electron chi connectivity index (χ3n) is 4.20. The molecule has 1 N–H and O–H groups in total. The molecule has 138 valence electrons. The summed E-state index contributed by atoms with van der Waals surface area (Å²) in [6.07, 6.45) is 1.77. The molecule has 0 atom stereocenters. The average molecular weight is 389 g/mol. The number of amides is 1. The topological polar surface area (TPSA) is 54.4 Å². The number of fused-ring (bicyclic) bond motifs is 1. The van der Waals surface area contributed by atoms with Crippen molar-refractivity contribution in [2.75, 3.05) is 0 Å². The maximum atomic E-state index is 13.0. The summed E-state index contributed by atoms with van der Waals surface area (Å²) in [6.45, 7) is 0. The number of hydrogen-bond donors (Lipinski definition) is 1. The van der Waals surface area contributed by atoms with Gasteiger partial charge in [0.25, 0.3) is 0 Å². The maximum absolute atomic E-state index is 13.0. The molecule has 6 heteroatoms. The largest absolute Gasteiger partial charge is 0.273 e. The molecule has 0 bridgehead atoms. The van der Waals surface area contributed by atoms with Gasteiger partial charge in [0.1, 0.15) is 10.8 Å². The molecule has 0 saturated heterocycles. The monoisotopic (exact) mass is 389 g/mol. The van der Waals surface area contributed by atoms with Gasteiger partial charge in [-0.15, -0.1) is 11.3 Å². The van der Waals surface area contributed by atoms with E-state index in [-0.39, 0.29) is 18.1 Å². The molecule has 0 aliphatic rings. The van der Waals surface area contributed by atoms with Gasteiger partial charge < -0.3 is 0 Å². The van der Waals surface area contributed by atoms with Crippen LogP contribution in [0.2, 0.25) is 0 Å². The first-order valence-corrected chi connectivity index (χ1v) is 9.57. The number of thiazole rings is 1. The number of benzene rings is 3. The Bertz CT molecular complexity index is 1150. The standard InChI is InChI=1S/C22H16FN3OS/c23-18-10-8-16(9-11-18)22-25-19(14-28-22)12-21(27)26-24-13-17-6-3-5-15-4-1-2-7-20(15)17/h1-11,13-14H,12H2,(H,26,27)/b24-13-. The fourth-order valence-electron chi connectivity index (χ4n) is 2.85. The van der Waals surface area contributed by atoms with Crippen molar-refractivity contribution in [2.45, 2.75) is 6.42 Å². The van der Waals surface area contributed by atoms with Crippen LogP contribution in [-0.4, -0.2) is 17.1 Å². The van der Waals surface area contributed by atoms with E-state index in [0.717, 1.165) is 26.9 Å². The van der Waals surface area contributed by atoms with E-state index in [0.29, 0.717) is 5.69 Å². The molecule has 0 aliphatic heterocycles. The van der Waals surface area contributed by atoms with Gasteiger partial charge >= 0.3 is 0 Å². The zero-order valence-electron chi connectivity index (χ0n) is 14.8. The quantitative estimate of drug-likeness (QED) is 0.394. The molecule has 1 aromatic heterocycles. The molecule has 0 saturated carbocycles. The Kier molecular flexibility index (Phi) is 5.21. The number of carbonyl (C=O) groups is 1. The third-order valence-corrected chi connectivity index (χ3v) is 5.14. The Morgan fingerprint density at radius 1 is 1.07 bits per heavy atom. The molecule has 1 heterocycles. The van der Waals surface area contributed by atoms with Crippen molar-refractivity contribution in [3.05, 3.63) is 89.2 Å². The lowest BCUT2D eigenvalue weighted by Crippen LogP contribution is -2.19. The molecule has 3 aromatic carbocycles. The van der Waals surface area contributed by atoms with Crippen LogP contribution in [0.1, 0.15) is 11.3 Å². The molecule has 0 unspecified atom stereocenters. The van der Waals surface area contributed by atoms with Gasteiger partial charge in [-0.05, 0) is 35.0 Å². The lowest BCUT2D eigenvalue weighted by molar-refractivity contribution is -0.120. The van der Waals surface area contributed by atoms with Crippen LogP contribution in [0.4, 0.5) is 4.39 Å². The first-order chi connectivity index (χ1) is 13.7. The second-order valence-corrected chi connectivity index (χ2v) is 7.05. The van der Waals surface area contributed by atoms with Crippen molar-refractivity contribution >= 4 is 34.2 Å². The Hall–Kier alpha value is -3.38. The fourth-order valence-corrected chi connectivity index (χ4v) is 3.68. The van der Waals surface area contributed by atoms with Crippen molar-refractivity contribution in [3.63, 3.8) is 0 Å². The highest BCUT2D eigenvalue weighted by atomic mass is 32.1. The fraction of sp³-hybridized carbons (Fsp3) is 0.0455. The SMILES string of the molecule is O=C(Cc1csc(-c2ccc(F)cc2)n1)N/N=C\c1cccc2ccccc12. The van der Waals surface area contributed by atoms with Gasteiger partial charge in [0, 0.05) is 16.5 Å². The van der Waals surface area contributed by atoms with Crippen molar-refractivity contribution in [1.82, 2.24) is 10.4 Å². The zero-order chi connectivity index (χ0) is 19.3. The van der Waals surface area contributed by atoms with Gasteiger partial charge in [-0.1, -0.05) is 42.5 Å². The minimum atomic E-state index is -0.288. The molecule has 0 radical (unpaired) electrons. The lowest BCUT2D eigenvalue weighted by Gasteiger charge is -2.01. The predicted molar refractivity (Wildman–Crippen MR) is 111 cm³/mol. The summed E-state index contributed by atoms with van der Waals surface area (Å²) in [7, 11) is 0. The van der Waals surface area contributed by atoms with Crippen molar-refractivity contribution in [3.8, 4) is 10.6 Å². The van der Waals surface area contributed by atoms with Crippen molar-refractivity contribution < 1.29 is 9.18 Å². The summed E-state index contributed by atoms with van der Waals surface area (Å²) in [4.78, 5) is 16.6. The van der Waals surface area contributed by atoms with Crippen LogP contribution in [0, 0.1) is 5.82 Å². The second-order valence-electron chi connectivity index (χ2n) is 6.19. The van der Waals surface area contributed by atoms with E-state index in [9.17, 15) is 9.18 Å². The minimum absolute atomic E-state index is 0.130. The van der Waals surface area contributed by atoms with Crippen LogP contribution in [0.25, 0.3) is 21.3 Å². The molecule has 1 amide bonds. The van der Waals surface area contributed by atoms with Crippen molar-refractivity contribution in [1.29, 1.82) is 0 Å². The number of hydrogen-bond acceptors (Lipinski definition) is 4. The number of hydrazone groups is 1. The van der Waals surface area contributed by atoms with E-state index in [1.165, 1.54) is 23.5 Å². The van der Waals surface area contributed by atoms with Crippen LogP contribution < -0.4 is 5.43 Å². The van der Waals surface area contributed by atoms with Gasteiger partial charge in [-0.25, -0.2) is 14.8 Å². The highest BCUT2D eigenvalue weighted by Crippen LogP contribution is 2.24. The number of nitrogens with one attached hydrogen (secondary N) is 1. The highest BCUT2D eigenvalue weighted by Gasteiger charge is 2.09. The van der Waals surface area contributed by atoms with Gasteiger partial charge in [0.15, 0.2) is 0 Å². The normalized spacial score (nSPS) is 11.2. The summed E-state index contributed by atoms with van der Waals surface area (Å²) >= 11 is 1.42. The molecule has 0 fully saturated rings. The van der Waals surface area contributed by atoms with E-state index in [1.807, 2.05) is 47.8 Å². The predicted octanol–water partition coefficient (Wildman–Crippen LogP) is 4.80. The summed E-state index contributed by atoms with van der Waals surface area (Å²) in [6, 6.07) is 20.1. The van der Waals surface area contributed by atoms with Gasteiger partial charge in [0.05, 0.1) is 18.3 Å². The molecule has 28 heavy (non-hydrogen) atoms. The van der Waals surface area contributed by atoms with E-state index < -0.39 is 0 Å². The van der Waals surface area contributed by atoms with E-state index >= 15 is 0 Å². The summed E-state index contributed by atoms with van der Waals surface area (Å²) in [5.74, 6) is -0.531.